The molecule has 0 spiro atoms. The van der Waals surface area contributed by atoms with Crippen molar-refractivity contribution in [2.45, 2.75) is 19.9 Å². The van der Waals surface area contributed by atoms with E-state index in [0.717, 1.165) is 23.5 Å². The highest BCUT2D eigenvalue weighted by Crippen LogP contribution is 2.22. The standard InChI is InChI=1S/C22H25N5O/c1-5-26(3)20-12-14-24-21(25-20)17-8-10-18(11-9-17)22(28)27(4)16(2)19-7-6-13-23-15-19/h6-16H,5H2,1-4H3. The second kappa shape index (κ2) is 8.61. The molecule has 0 aliphatic carbocycles. The molecule has 0 fully saturated rings. The first-order valence-electron chi connectivity index (χ1n) is 9.33. The van der Waals surface area contributed by atoms with Gasteiger partial charge in [-0.15, -0.1) is 0 Å². The lowest BCUT2D eigenvalue weighted by molar-refractivity contribution is 0.0742. The van der Waals surface area contributed by atoms with Crippen LogP contribution in [0.4, 0.5) is 5.82 Å². The average Bonchev–Trinajstić information content (AvgIpc) is 2.77. The molecule has 6 heteroatoms. The first-order valence-corrected chi connectivity index (χ1v) is 9.33. The van der Waals surface area contributed by atoms with Crippen molar-refractivity contribution in [1.82, 2.24) is 19.9 Å². The summed E-state index contributed by atoms with van der Waals surface area (Å²) >= 11 is 0. The number of nitrogens with zero attached hydrogens (tertiary/aromatic N) is 5. The average molecular weight is 375 g/mol. The molecule has 0 aliphatic rings. The number of hydrogen-bond donors (Lipinski definition) is 0. The Morgan fingerprint density at radius 3 is 2.46 bits per heavy atom. The molecule has 0 radical (unpaired) electrons. The quantitative estimate of drug-likeness (QED) is 0.655. The molecule has 1 unspecified atom stereocenters. The summed E-state index contributed by atoms with van der Waals surface area (Å²) in [6.07, 6.45) is 5.27. The predicted octanol–water partition coefficient (Wildman–Crippen LogP) is 3.83. The summed E-state index contributed by atoms with van der Waals surface area (Å²) in [4.78, 5) is 29.7. The van der Waals surface area contributed by atoms with Gasteiger partial charge >= 0.3 is 0 Å². The summed E-state index contributed by atoms with van der Waals surface area (Å²) in [7, 11) is 3.80. The number of hydrogen-bond acceptors (Lipinski definition) is 5. The van der Waals surface area contributed by atoms with Crippen LogP contribution in [0.25, 0.3) is 11.4 Å². The molecule has 3 rings (SSSR count). The van der Waals surface area contributed by atoms with Crippen LogP contribution in [-0.2, 0) is 0 Å². The van der Waals surface area contributed by atoms with Gasteiger partial charge < -0.3 is 9.80 Å². The van der Waals surface area contributed by atoms with Crippen LogP contribution in [0, 0.1) is 0 Å². The van der Waals surface area contributed by atoms with Crippen LogP contribution in [0.5, 0.6) is 0 Å². The molecule has 0 N–H and O–H groups in total. The number of pyridine rings is 1. The lowest BCUT2D eigenvalue weighted by Crippen LogP contribution is -2.29. The van der Waals surface area contributed by atoms with E-state index in [4.69, 9.17) is 0 Å². The minimum atomic E-state index is -0.0644. The van der Waals surface area contributed by atoms with E-state index in [9.17, 15) is 4.79 Å². The number of anilines is 1. The number of benzene rings is 1. The molecule has 2 heterocycles. The highest BCUT2D eigenvalue weighted by Gasteiger charge is 2.19. The minimum Gasteiger partial charge on any atom is -0.360 e. The second-order valence-electron chi connectivity index (χ2n) is 6.71. The summed E-state index contributed by atoms with van der Waals surface area (Å²) < 4.78 is 0. The summed E-state index contributed by atoms with van der Waals surface area (Å²) in [5.74, 6) is 1.48. The van der Waals surface area contributed by atoms with Crippen molar-refractivity contribution < 1.29 is 4.79 Å². The number of carbonyl (C=O) groups excluding carboxylic acids is 1. The molecule has 0 saturated carbocycles. The van der Waals surface area contributed by atoms with E-state index in [0.29, 0.717) is 11.4 Å². The largest absolute Gasteiger partial charge is 0.360 e. The van der Waals surface area contributed by atoms with Gasteiger partial charge in [-0.05, 0) is 43.7 Å². The highest BCUT2D eigenvalue weighted by molar-refractivity contribution is 5.94. The highest BCUT2D eigenvalue weighted by atomic mass is 16.2. The first kappa shape index (κ1) is 19.5. The van der Waals surface area contributed by atoms with E-state index in [1.165, 1.54) is 0 Å². The van der Waals surface area contributed by atoms with E-state index in [2.05, 4.69) is 26.8 Å². The van der Waals surface area contributed by atoms with Crippen LogP contribution in [0.15, 0.2) is 61.1 Å². The third-order valence-electron chi connectivity index (χ3n) is 4.96. The molecule has 0 saturated heterocycles. The van der Waals surface area contributed by atoms with Crippen molar-refractivity contribution in [3.63, 3.8) is 0 Å². The zero-order valence-electron chi connectivity index (χ0n) is 16.7. The monoisotopic (exact) mass is 375 g/mol. The van der Waals surface area contributed by atoms with Crippen molar-refractivity contribution in [2.24, 2.45) is 0 Å². The fourth-order valence-electron chi connectivity index (χ4n) is 2.85. The Kier molecular flexibility index (Phi) is 5.99. The Morgan fingerprint density at radius 1 is 1.07 bits per heavy atom. The van der Waals surface area contributed by atoms with Crippen LogP contribution in [-0.4, -0.2) is 46.4 Å². The van der Waals surface area contributed by atoms with Gasteiger partial charge in [-0.1, -0.05) is 18.2 Å². The second-order valence-corrected chi connectivity index (χ2v) is 6.71. The van der Waals surface area contributed by atoms with Gasteiger partial charge in [0.25, 0.3) is 5.91 Å². The van der Waals surface area contributed by atoms with Crippen LogP contribution >= 0.6 is 0 Å². The molecule has 28 heavy (non-hydrogen) atoms. The number of aromatic nitrogens is 3. The van der Waals surface area contributed by atoms with E-state index in [1.807, 2.05) is 56.4 Å². The van der Waals surface area contributed by atoms with Gasteiger partial charge in [0.1, 0.15) is 5.82 Å². The fourth-order valence-corrected chi connectivity index (χ4v) is 2.85. The fraction of sp³-hybridized carbons (Fsp3) is 0.273. The SMILES string of the molecule is CCN(C)c1ccnc(-c2ccc(C(=O)N(C)C(C)c3cccnc3)cc2)n1. The first-order chi connectivity index (χ1) is 13.5. The van der Waals surface area contributed by atoms with Crippen LogP contribution < -0.4 is 4.90 Å². The maximum absolute atomic E-state index is 12.9. The smallest absolute Gasteiger partial charge is 0.254 e. The van der Waals surface area contributed by atoms with E-state index in [1.54, 1.807) is 30.5 Å². The Bertz CT molecular complexity index is 927. The van der Waals surface area contributed by atoms with Gasteiger partial charge in [0.2, 0.25) is 0 Å². The van der Waals surface area contributed by atoms with Crippen molar-refractivity contribution in [1.29, 1.82) is 0 Å². The molecule has 6 nitrogen and oxygen atoms in total. The molecule has 1 atom stereocenters. The molecule has 0 bridgehead atoms. The third kappa shape index (κ3) is 4.17. The van der Waals surface area contributed by atoms with Crippen molar-refractivity contribution >= 4 is 11.7 Å². The van der Waals surface area contributed by atoms with E-state index < -0.39 is 0 Å². The molecule has 1 aromatic carbocycles. The van der Waals surface area contributed by atoms with E-state index >= 15 is 0 Å². The van der Waals surface area contributed by atoms with Crippen LogP contribution in [0.2, 0.25) is 0 Å². The summed E-state index contributed by atoms with van der Waals surface area (Å²) in [5.41, 5.74) is 2.51. The Balaban J connectivity index is 1.78. The van der Waals surface area contributed by atoms with Gasteiger partial charge in [-0.3, -0.25) is 9.78 Å². The molecule has 2 aromatic heterocycles. The predicted molar refractivity (Wildman–Crippen MR) is 111 cm³/mol. The minimum absolute atomic E-state index is 0.0386. The number of amides is 1. The third-order valence-corrected chi connectivity index (χ3v) is 4.96. The Morgan fingerprint density at radius 2 is 1.82 bits per heavy atom. The zero-order valence-corrected chi connectivity index (χ0v) is 16.7. The van der Waals surface area contributed by atoms with Crippen molar-refractivity contribution in [3.05, 3.63) is 72.2 Å². The van der Waals surface area contributed by atoms with Gasteiger partial charge in [-0.2, -0.15) is 0 Å². The summed E-state index contributed by atoms with van der Waals surface area (Å²) in [6.45, 7) is 4.93. The van der Waals surface area contributed by atoms with E-state index in [-0.39, 0.29) is 11.9 Å². The molecule has 3 aromatic rings. The summed E-state index contributed by atoms with van der Waals surface area (Å²) in [6, 6.07) is 13.1. The Hall–Kier alpha value is -3.28. The topological polar surface area (TPSA) is 62.2 Å². The molecule has 1 amide bonds. The maximum atomic E-state index is 12.9. The lowest BCUT2D eigenvalue weighted by Gasteiger charge is -2.25. The normalized spacial score (nSPS) is 11.7. The zero-order chi connectivity index (χ0) is 20.1. The number of rotatable bonds is 6. The maximum Gasteiger partial charge on any atom is 0.254 e. The Labute approximate surface area is 165 Å². The molecular weight excluding hydrogens is 350 g/mol. The van der Waals surface area contributed by atoms with Crippen molar-refractivity contribution in [2.75, 3.05) is 25.5 Å². The van der Waals surface area contributed by atoms with Gasteiger partial charge in [0, 0.05) is 50.4 Å². The van der Waals surface area contributed by atoms with Gasteiger partial charge in [-0.25, -0.2) is 9.97 Å². The number of carbonyl (C=O) groups is 1. The van der Waals surface area contributed by atoms with Gasteiger partial charge in [0.15, 0.2) is 5.82 Å². The molecule has 0 aliphatic heterocycles. The van der Waals surface area contributed by atoms with Crippen LogP contribution in [0.1, 0.15) is 35.8 Å². The van der Waals surface area contributed by atoms with Crippen molar-refractivity contribution in [3.8, 4) is 11.4 Å². The van der Waals surface area contributed by atoms with Gasteiger partial charge in [0.05, 0.1) is 6.04 Å². The molecular formula is C22H25N5O. The van der Waals surface area contributed by atoms with Crippen LogP contribution in [0.3, 0.4) is 0 Å². The molecule has 144 valence electrons. The summed E-state index contributed by atoms with van der Waals surface area (Å²) in [5, 5.41) is 0. The lowest BCUT2D eigenvalue weighted by atomic mass is 10.1.